The van der Waals surface area contributed by atoms with E-state index < -0.39 is 35.8 Å². The molecule has 8 heteroatoms. The third-order valence-electron chi connectivity index (χ3n) is 4.47. The van der Waals surface area contributed by atoms with Crippen LogP contribution in [-0.4, -0.2) is 52.1 Å². The second-order valence-corrected chi connectivity index (χ2v) is 6.71. The Morgan fingerprint density at radius 3 is 2.15 bits per heavy atom. The highest BCUT2D eigenvalue weighted by Crippen LogP contribution is 2.26. The molecule has 0 radical (unpaired) electrons. The van der Waals surface area contributed by atoms with E-state index >= 15 is 0 Å². The van der Waals surface area contributed by atoms with Crippen LogP contribution in [-0.2, 0) is 14.4 Å². The van der Waals surface area contributed by atoms with Gasteiger partial charge in [-0.2, -0.15) is 0 Å². The fourth-order valence-electron chi connectivity index (χ4n) is 3.03. The predicted molar refractivity (Wildman–Crippen MR) is 95.0 cm³/mol. The van der Waals surface area contributed by atoms with E-state index in [1.165, 1.54) is 12.1 Å². The summed E-state index contributed by atoms with van der Waals surface area (Å²) in [5.74, 6) is -3.51. The zero-order valence-corrected chi connectivity index (χ0v) is 15.2. The number of imide groups is 1. The summed E-state index contributed by atoms with van der Waals surface area (Å²) < 4.78 is 0. The highest BCUT2D eigenvalue weighted by atomic mass is 16.4. The number of aldehydes is 1. The molecular formula is C19H22N2O6. The van der Waals surface area contributed by atoms with Gasteiger partial charge in [-0.05, 0) is 30.9 Å². The van der Waals surface area contributed by atoms with Crippen molar-refractivity contribution < 1.29 is 29.1 Å². The molecule has 0 spiro atoms. The van der Waals surface area contributed by atoms with E-state index in [0.717, 1.165) is 4.90 Å². The zero-order chi connectivity index (χ0) is 20.1. The van der Waals surface area contributed by atoms with Crippen molar-refractivity contribution in [3.63, 3.8) is 0 Å². The first kappa shape index (κ1) is 20.3. The summed E-state index contributed by atoms with van der Waals surface area (Å²) in [6.45, 7) is 3.28. The van der Waals surface area contributed by atoms with Gasteiger partial charge in [0.25, 0.3) is 11.8 Å². The number of nitrogens with zero attached hydrogens (tertiary/aromatic N) is 1. The van der Waals surface area contributed by atoms with E-state index in [4.69, 9.17) is 0 Å². The molecule has 1 aromatic carbocycles. The Labute approximate surface area is 156 Å². The number of carboxylic acid groups (broad SMARTS) is 1. The molecule has 1 aliphatic heterocycles. The van der Waals surface area contributed by atoms with Gasteiger partial charge < -0.3 is 15.2 Å². The van der Waals surface area contributed by atoms with Crippen LogP contribution >= 0.6 is 0 Å². The van der Waals surface area contributed by atoms with Crippen LogP contribution in [0, 0.1) is 5.92 Å². The standard InChI is InChI=1S/C19H22N2O6/c1-11(2)15(19(26)27)20-16(23)14(9-5-6-10-22)21-17(24)12-7-3-4-8-13(12)18(21)25/h3-4,7-8,10-11,14-15H,5-6,9H2,1-2H3,(H,20,23)(H,26,27)/t14-,15-/m0/s1. The van der Waals surface area contributed by atoms with Gasteiger partial charge in [-0.1, -0.05) is 26.0 Å². The van der Waals surface area contributed by atoms with E-state index in [-0.39, 0.29) is 36.3 Å². The molecule has 3 amide bonds. The number of aliphatic carboxylic acids is 1. The molecule has 27 heavy (non-hydrogen) atoms. The molecule has 0 fully saturated rings. The normalized spacial score (nSPS) is 15.4. The van der Waals surface area contributed by atoms with Gasteiger partial charge in [0, 0.05) is 6.42 Å². The summed E-state index contributed by atoms with van der Waals surface area (Å²) in [6.07, 6.45) is 1.21. The molecule has 1 heterocycles. The van der Waals surface area contributed by atoms with Crippen molar-refractivity contribution in [1.29, 1.82) is 0 Å². The van der Waals surface area contributed by atoms with Gasteiger partial charge in [0.1, 0.15) is 18.4 Å². The highest BCUT2D eigenvalue weighted by molar-refractivity contribution is 6.22. The second kappa shape index (κ2) is 8.57. The molecule has 2 N–H and O–H groups in total. The van der Waals surface area contributed by atoms with E-state index in [0.29, 0.717) is 6.29 Å². The molecule has 2 atom stereocenters. The summed E-state index contributed by atoms with van der Waals surface area (Å²) >= 11 is 0. The number of unbranched alkanes of at least 4 members (excludes halogenated alkanes) is 1. The number of fused-ring (bicyclic) bond motifs is 1. The maximum Gasteiger partial charge on any atom is 0.326 e. The van der Waals surface area contributed by atoms with Gasteiger partial charge in [-0.15, -0.1) is 0 Å². The largest absolute Gasteiger partial charge is 0.480 e. The van der Waals surface area contributed by atoms with Gasteiger partial charge in [0.2, 0.25) is 5.91 Å². The predicted octanol–water partition coefficient (Wildman–Crippen LogP) is 1.25. The smallest absolute Gasteiger partial charge is 0.326 e. The fourth-order valence-corrected chi connectivity index (χ4v) is 3.03. The summed E-state index contributed by atoms with van der Waals surface area (Å²) in [5.41, 5.74) is 0.406. The number of nitrogens with one attached hydrogen (secondary N) is 1. The lowest BCUT2D eigenvalue weighted by molar-refractivity contribution is -0.143. The highest BCUT2D eigenvalue weighted by Gasteiger charge is 2.43. The molecule has 0 aromatic heterocycles. The number of hydrogen-bond acceptors (Lipinski definition) is 5. The van der Waals surface area contributed by atoms with Crippen LogP contribution in [0.3, 0.4) is 0 Å². The topological polar surface area (TPSA) is 121 Å². The molecule has 0 unspecified atom stereocenters. The van der Waals surface area contributed by atoms with Crippen molar-refractivity contribution in [1.82, 2.24) is 10.2 Å². The van der Waals surface area contributed by atoms with Gasteiger partial charge in [0.15, 0.2) is 0 Å². The van der Waals surface area contributed by atoms with Gasteiger partial charge in [-0.3, -0.25) is 19.3 Å². The van der Waals surface area contributed by atoms with Crippen molar-refractivity contribution in [3.05, 3.63) is 35.4 Å². The van der Waals surface area contributed by atoms with Crippen molar-refractivity contribution >= 4 is 30.0 Å². The number of hydrogen-bond donors (Lipinski definition) is 2. The SMILES string of the molecule is CC(C)[C@H](NC(=O)[C@H](CCCC=O)N1C(=O)c2ccccc2C1=O)C(=O)O. The first-order chi connectivity index (χ1) is 12.8. The molecule has 0 aliphatic carbocycles. The summed E-state index contributed by atoms with van der Waals surface area (Å²) in [6, 6.07) is 3.91. The van der Waals surface area contributed by atoms with E-state index in [1.807, 2.05) is 0 Å². The number of amides is 3. The number of carbonyl (C=O) groups is 5. The van der Waals surface area contributed by atoms with Crippen LogP contribution in [0.25, 0.3) is 0 Å². The van der Waals surface area contributed by atoms with Crippen molar-refractivity contribution in [2.45, 2.75) is 45.2 Å². The molecule has 0 bridgehead atoms. The van der Waals surface area contributed by atoms with Crippen LogP contribution in [0.1, 0.15) is 53.8 Å². The Kier molecular flexibility index (Phi) is 6.44. The Balaban J connectivity index is 2.30. The first-order valence-electron chi connectivity index (χ1n) is 8.73. The van der Waals surface area contributed by atoms with Crippen LogP contribution < -0.4 is 5.32 Å². The lowest BCUT2D eigenvalue weighted by atomic mass is 10.0. The van der Waals surface area contributed by atoms with Crippen LogP contribution in [0.4, 0.5) is 0 Å². The minimum atomic E-state index is -1.20. The first-order valence-corrected chi connectivity index (χ1v) is 8.73. The quantitative estimate of drug-likeness (QED) is 0.381. The van der Waals surface area contributed by atoms with E-state index in [2.05, 4.69) is 5.32 Å². The Morgan fingerprint density at radius 2 is 1.70 bits per heavy atom. The Bertz CT molecular complexity index is 738. The lowest BCUT2D eigenvalue weighted by Gasteiger charge is -2.27. The minimum absolute atomic E-state index is 0.0699. The molecule has 144 valence electrons. The van der Waals surface area contributed by atoms with Gasteiger partial charge in [0.05, 0.1) is 11.1 Å². The van der Waals surface area contributed by atoms with E-state index in [9.17, 15) is 29.1 Å². The third kappa shape index (κ3) is 4.21. The molecule has 1 aliphatic rings. The average molecular weight is 374 g/mol. The lowest BCUT2D eigenvalue weighted by Crippen LogP contribution is -2.54. The molecule has 1 aromatic rings. The minimum Gasteiger partial charge on any atom is -0.480 e. The number of carbonyl (C=O) groups excluding carboxylic acids is 4. The van der Waals surface area contributed by atoms with E-state index in [1.54, 1.807) is 26.0 Å². The third-order valence-corrected chi connectivity index (χ3v) is 4.47. The summed E-state index contributed by atoms with van der Waals surface area (Å²) in [5, 5.41) is 11.7. The van der Waals surface area contributed by atoms with Crippen molar-refractivity contribution in [3.8, 4) is 0 Å². The summed E-state index contributed by atoms with van der Waals surface area (Å²) in [4.78, 5) is 61.0. The van der Waals surface area contributed by atoms with Crippen LogP contribution in [0.2, 0.25) is 0 Å². The van der Waals surface area contributed by atoms with Crippen molar-refractivity contribution in [2.75, 3.05) is 0 Å². The fraction of sp³-hybridized carbons (Fsp3) is 0.421. The monoisotopic (exact) mass is 374 g/mol. The maximum absolute atomic E-state index is 12.8. The molecule has 2 rings (SSSR count). The molecule has 0 saturated heterocycles. The molecule has 8 nitrogen and oxygen atoms in total. The maximum atomic E-state index is 12.8. The van der Waals surface area contributed by atoms with Gasteiger partial charge in [-0.25, -0.2) is 4.79 Å². The Hall–Kier alpha value is -3.03. The average Bonchev–Trinajstić information content (AvgIpc) is 2.87. The number of carboxylic acids is 1. The number of benzene rings is 1. The second-order valence-electron chi connectivity index (χ2n) is 6.71. The van der Waals surface area contributed by atoms with Crippen LogP contribution in [0.5, 0.6) is 0 Å². The van der Waals surface area contributed by atoms with Crippen LogP contribution in [0.15, 0.2) is 24.3 Å². The van der Waals surface area contributed by atoms with Gasteiger partial charge >= 0.3 is 5.97 Å². The Morgan fingerprint density at radius 1 is 1.15 bits per heavy atom. The summed E-state index contributed by atoms with van der Waals surface area (Å²) in [7, 11) is 0. The zero-order valence-electron chi connectivity index (χ0n) is 15.2. The van der Waals surface area contributed by atoms with Crippen molar-refractivity contribution in [2.24, 2.45) is 5.92 Å². The molecule has 0 saturated carbocycles. The number of rotatable bonds is 9. The molecular weight excluding hydrogens is 352 g/mol.